The van der Waals surface area contributed by atoms with Crippen LogP contribution in [0.1, 0.15) is 29.5 Å². The van der Waals surface area contributed by atoms with E-state index in [1.54, 1.807) is 12.3 Å². The molecule has 3 rings (SSSR count). The number of nitrogens with two attached hydrogens (primary N) is 1. The highest BCUT2D eigenvalue weighted by atomic mass is 16.1. The minimum absolute atomic E-state index is 0.0241. The molecule has 0 spiro atoms. The number of pyridine rings is 1. The number of aromatic nitrogens is 1. The summed E-state index contributed by atoms with van der Waals surface area (Å²) in [6, 6.07) is 13.8. The number of piperidine rings is 1. The molecule has 2 heterocycles. The molecule has 1 aromatic heterocycles. The van der Waals surface area contributed by atoms with Gasteiger partial charge in [-0.2, -0.15) is 5.26 Å². The van der Waals surface area contributed by atoms with Gasteiger partial charge in [0, 0.05) is 43.9 Å². The first kappa shape index (κ1) is 17.9. The fourth-order valence-corrected chi connectivity index (χ4v) is 3.32. The summed E-state index contributed by atoms with van der Waals surface area (Å²) in [6.45, 7) is 2.97. The maximum atomic E-state index is 11.3. The number of primary amides is 1. The van der Waals surface area contributed by atoms with Gasteiger partial charge in [-0.1, -0.05) is 18.2 Å². The van der Waals surface area contributed by atoms with Crippen molar-refractivity contribution in [3.05, 3.63) is 59.3 Å². The molecular formula is C20H23N5O. The number of amides is 1. The van der Waals surface area contributed by atoms with E-state index in [1.807, 2.05) is 24.3 Å². The predicted molar refractivity (Wildman–Crippen MR) is 100 cm³/mol. The average molecular weight is 349 g/mol. The third-order valence-electron chi connectivity index (χ3n) is 4.77. The Morgan fingerprint density at radius 3 is 2.81 bits per heavy atom. The molecule has 3 N–H and O–H groups in total. The first-order valence-electron chi connectivity index (χ1n) is 8.85. The fourth-order valence-electron chi connectivity index (χ4n) is 3.32. The van der Waals surface area contributed by atoms with E-state index in [4.69, 9.17) is 11.0 Å². The second-order valence-corrected chi connectivity index (χ2v) is 6.57. The van der Waals surface area contributed by atoms with Gasteiger partial charge in [-0.15, -0.1) is 0 Å². The molecule has 0 atom stereocenters. The van der Waals surface area contributed by atoms with Crippen molar-refractivity contribution in [2.24, 2.45) is 11.7 Å². The molecule has 0 saturated carbocycles. The predicted octanol–water partition coefficient (Wildman–Crippen LogP) is 1.94. The van der Waals surface area contributed by atoms with Crippen LogP contribution in [0.3, 0.4) is 0 Å². The molecule has 2 aromatic rings. The van der Waals surface area contributed by atoms with Gasteiger partial charge in [-0.05, 0) is 36.6 Å². The van der Waals surface area contributed by atoms with Crippen LogP contribution in [0, 0.1) is 17.2 Å². The minimum atomic E-state index is -0.202. The number of nitriles is 1. The first-order valence-corrected chi connectivity index (χ1v) is 8.85. The van der Waals surface area contributed by atoms with Crippen molar-refractivity contribution in [3.63, 3.8) is 0 Å². The maximum Gasteiger partial charge on any atom is 0.220 e. The number of anilines is 1. The molecule has 6 heteroatoms. The summed E-state index contributed by atoms with van der Waals surface area (Å²) in [5.74, 6) is 0.741. The lowest BCUT2D eigenvalue weighted by Crippen LogP contribution is -2.39. The summed E-state index contributed by atoms with van der Waals surface area (Å²) < 4.78 is 0. The third kappa shape index (κ3) is 4.38. The van der Waals surface area contributed by atoms with E-state index < -0.39 is 0 Å². The van der Waals surface area contributed by atoms with Gasteiger partial charge in [-0.3, -0.25) is 4.79 Å². The van der Waals surface area contributed by atoms with Crippen molar-refractivity contribution in [3.8, 4) is 6.07 Å². The lowest BCUT2D eigenvalue weighted by Gasteiger charge is -2.32. The van der Waals surface area contributed by atoms with Crippen LogP contribution in [0.25, 0.3) is 0 Å². The van der Waals surface area contributed by atoms with Gasteiger partial charge < -0.3 is 16.0 Å². The molecule has 134 valence electrons. The monoisotopic (exact) mass is 349 g/mol. The molecule has 1 amide bonds. The van der Waals surface area contributed by atoms with Crippen LogP contribution in [0.2, 0.25) is 0 Å². The Morgan fingerprint density at radius 2 is 2.08 bits per heavy atom. The first-order chi connectivity index (χ1) is 12.7. The molecule has 0 unspecified atom stereocenters. The van der Waals surface area contributed by atoms with E-state index in [0.717, 1.165) is 42.9 Å². The lowest BCUT2D eigenvalue weighted by atomic mass is 9.96. The third-order valence-corrected chi connectivity index (χ3v) is 4.77. The van der Waals surface area contributed by atoms with Crippen LogP contribution in [0.4, 0.5) is 5.82 Å². The van der Waals surface area contributed by atoms with Crippen LogP contribution in [-0.4, -0.2) is 24.0 Å². The quantitative estimate of drug-likeness (QED) is 0.831. The van der Waals surface area contributed by atoms with Crippen LogP contribution >= 0.6 is 0 Å². The number of carbonyl (C=O) groups is 1. The summed E-state index contributed by atoms with van der Waals surface area (Å²) in [5, 5.41) is 12.4. The van der Waals surface area contributed by atoms with Crippen LogP contribution in [0.15, 0.2) is 42.6 Å². The number of nitrogens with one attached hydrogen (secondary N) is 1. The standard InChI is InChI=1S/C20H23N5O/c21-12-15-3-1-4-16(11-15)13-23-14-18-5-2-8-24-20(18)25-9-6-17(7-10-25)19(22)26/h1-5,8,11,17,23H,6-7,9-10,13-14H2,(H2,22,26). The van der Waals surface area contributed by atoms with Gasteiger partial charge in [0.2, 0.25) is 5.91 Å². The number of hydrogen-bond acceptors (Lipinski definition) is 5. The lowest BCUT2D eigenvalue weighted by molar-refractivity contribution is -0.122. The summed E-state index contributed by atoms with van der Waals surface area (Å²) >= 11 is 0. The normalized spacial score (nSPS) is 14.8. The zero-order valence-corrected chi connectivity index (χ0v) is 14.7. The van der Waals surface area contributed by atoms with Gasteiger partial charge in [0.25, 0.3) is 0 Å². The van der Waals surface area contributed by atoms with Crippen LogP contribution < -0.4 is 16.0 Å². The maximum absolute atomic E-state index is 11.3. The molecular weight excluding hydrogens is 326 g/mol. The van der Waals surface area contributed by atoms with Crippen molar-refractivity contribution in [1.82, 2.24) is 10.3 Å². The van der Waals surface area contributed by atoms with Gasteiger partial charge in [0.05, 0.1) is 11.6 Å². The SMILES string of the molecule is N#Cc1cccc(CNCc2cccnc2N2CCC(C(N)=O)CC2)c1. The summed E-state index contributed by atoms with van der Waals surface area (Å²) in [7, 11) is 0. The largest absolute Gasteiger partial charge is 0.369 e. The topological polar surface area (TPSA) is 95.0 Å². The summed E-state index contributed by atoms with van der Waals surface area (Å²) in [6.07, 6.45) is 3.36. The Labute approximate surface area is 153 Å². The molecule has 1 fully saturated rings. The Morgan fingerprint density at radius 1 is 1.27 bits per heavy atom. The Balaban J connectivity index is 1.61. The molecule has 1 aliphatic rings. The molecule has 1 saturated heterocycles. The van der Waals surface area contributed by atoms with Crippen LogP contribution in [-0.2, 0) is 17.9 Å². The van der Waals surface area contributed by atoms with E-state index in [-0.39, 0.29) is 11.8 Å². The highest BCUT2D eigenvalue weighted by Gasteiger charge is 2.24. The van der Waals surface area contributed by atoms with Gasteiger partial charge in [0.15, 0.2) is 0 Å². The summed E-state index contributed by atoms with van der Waals surface area (Å²) in [4.78, 5) is 18.1. The fraction of sp³-hybridized carbons (Fsp3) is 0.350. The van der Waals surface area contributed by atoms with Crippen molar-refractivity contribution in [2.45, 2.75) is 25.9 Å². The molecule has 1 aromatic carbocycles. The van der Waals surface area contributed by atoms with Gasteiger partial charge in [-0.25, -0.2) is 4.98 Å². The Kier molecular flexibility index (Phi) is 5.82. The number of benzene rings is 1. The van der Waals surface area contributed by atoms with Gasteiger partial charge >= 0.3 is 0 Å². The minimum Gasteiger partial charge on any atom is -0.369 e. The van der Waals surface area contributed by atoms with E-state index in [1.165, 1.54) is 0 Å². The van der Waals surface area contributed by atoms with E-state index in [0.29, 0.717) is 18.7 Å². The van der Waals surface area contributed by atoms with Crippen LogP contribution in [0.5, 0.6) is 0 Å². The second kappa shape index (κ2) is 8.45. The Bertz CT molecular complexity index is 806. The molecule has 6 nitrogen and oxygen atoms in total. The average Bonchev–Trinajstić information content (AvgIpc) is 2.68. The number of carbonyl (C=O) groups excluding carboxylic acids is 1. The number of hydrogen-bond donors (Lipinski definition) is 2. The Hall–Kier alpha value is -2.91. The van der Waals surface area contributed by atoms with Gasteiger partial charge in [0.1, 0.15) is 5.82 Å². The zero-order valence-electron chi connectivity index (χ0n) is 14.7. The molecule has 26 heavy (non-hydrogen) atoms. The zero-order chi connectivity index (χ0) is 18.4. The van der Waals surface area contributed by atoms with Crippen molar-refractivity contribution < 1.29 is 4.79 Å². The van der Waals surface area contributed by atoms with E-state index in [2.05, 4.69) is 27.3 Å². The van der Waals surface area contributed by atoms with Crippen molar-refractivity contribution >= 4 is 11.7 Å². The van der Waals surface area contributed by atoms with E-state index >= 15 is 0 Å². The second-order valence-electron chi connectivity index (χ2n) is 6.57. The molecule has 0 aliphatic carbocycles. The molecule has 1 aliphatic heterocycles. The van der Waals surface area contributed by atoms with Crippen molar-refractivity contribution in [2.75, 3.05) is 18.0 Å². The number of nitrogens with zero attached hydrogens (tertiary/aromatic N) is 3. The molecule has 0 bridgehead atoms. The summed E-state index contributed by atoms with van der Waals surface area (Å²) in [5.41, 5.74) is 8.30. The number of rotatable bonds is 6. The highest BCUT2D eigenvalue weighted by molar-refractivity contribution is 5.77. The van der Waals surface area contributed by atoms with Crippen molar-refractivity contribution in [1.29, 1.82) is 5.26 Å². The van der Waals surface area contributed by atoms with E-state index in [9.17, 15) is 4.79 Å². The highest BCUT2D eigenvalue weighted by Crippen LogP contribution is 2.24. The molecule has 0 radical (unpaired) electrons. The smallest absolute Gasteiger partial charge is 0.220 e.